The molecule has 1 fully saturated rings. The molecule has 0 saturated heterocycles. The number of nitrogens with zero attached hydrogens (tertiary/aromatic N) is 3. The van der Waals surface area contributed by atoms with Gasteiger partial charge in [0.05, 0.1) is 16.4 Å². The van der Waals surface area contributed by atoms with E-state index in [-0.39, 0.29) is 11.2 Å². The van der Waals surface area contributed by atoms with Gasteiger partial charge in [0.25, 0.3) is 0 Å². The van der Waals surface area contributed by atoms with Crippen molar-refractivity contribution in [2.24, 2.45) is 0 Å². The van der Waals surface area contributed by atoms with Crippen LogP contribution in [0.1, 0.15) is 32.4 Å². The molecule has 0 bridgehead atoms. The molecule has 0 aliphatic heterocycles. The number of amides is 1. The Balaban J connectivity index is 1.43. The highest BCUT2D eigenvalue weighted by Gasteiger charge is 2.34. The smallest absolute Gasteiger partial charge is 0.237 e. The van der Waals surface area contributed by atoms with Gasteiger partial charge in [-0.25, -0.2) is 14.2 Å². The minimum absolute atomic E-state index is 0.209. The summed E-state index contributed by atoms with van der Waals surface area (Å²) in [7, 11) is -1.10. The predicted octanol–water partition coefficient (Wildman–Crippen LogP) is 3.75. The second-order valence-corrected chi connectivity index (χ2v) is 9.71. The number of aromatic nitrogens is 3. The van der Waals surface area contributed by atoms with Gasteiger partial charge in [-0.3, -0.25) is 14.5 Å². The predicted molar refractivity (Wildman–Crippen MR) is 116 cm³/mol. The van der Waals surface area contributed by atoms with E-state index in [0.29, 0.717) is 16.6 Å². The molecule has 2 N–H and O–H groups in total. The third-order valence-electron chi connectivity index (χ3n) is 4.73. The van der Waals surface area contributed by atoms with Crippen LogP contribution < -0.4 is 10.0 Å². The van der Waals surface area contributed by atoms with Gasteiger partial charge in [0.1, 0.15) is 16.8 Å². The summed E-state index contributed by atoms with van der Waals surface area (Å²) < 4.78 is 15.0. The number of rotatable bonds is 7. The summed E-state index contributed by atoms with van der Waals surface area (Å²) in [6, 6.07) is 7.48. The molecule has 0 spiro atoms. The number of thiazole rings is 1. The van der Waals surface area contributed by atoms with Crippen LogP contribution in [0.4, 0.5) is 10.9 Å². The first-order chi connectivity index (χ1) is 13.9. The maximum atomic E-state index is 12.9. The minimum Gasteiger partial charge on any atom is -0.310 e. The molecule has 3 aromatic heterocycles. The second-order valence-electron chi connectivity index (χ2n) is 7.39. The van der Waals surface area contributed by atoms with Gasteiger partial charge in [-0.15, -0.1) is 11.3 Å². The summed E-state index contributed by atoms with van der Waals surface area (Å²) in [5.74, 6) is 0.262. The molecule has 0 aromatic carbocycles. The SMILES string of the molecule is CC(C)(C(=O)Nc1ccc(-c2cccnc2)cn1)c1csc(NS(=O)C2CC2)n1. The highest BCUT2D eigenvalue weighted by Crippen LogP contribution is 2.31. The second kappa shape index (κ2) is 8.00. The average Bonchev–Trinajstić information content (AvgIpc) is 3.48. The van der Waals surface area contributed by atoms with E-state index in [1.54, 1.807) is 24.7 Å². The van der Waals surface area contributed by atoms with E-state index >= 15 is 0 Å². The quantitative estimate of drug-likeness (QED) is 0.598. The van der Waals surface area contributed by atoms with E-state index < -0.39 is 16.4 Å². The summed E-state index contributed by atoms with van der Waals surface area (Å²) in [6.07, 6.45) is 7.16. The van der Waals surface area contributed by atoms with Crippen molar-refractivity contribution in [2.75, 3.05) is 10.0 Å². The molecule has 3 heterocycles. The fourth-order valence-corrected chi connectivity index (χ4v) is 4.73. The zero-order chi connectivity index (χ0) is 20.4. The largest absolute Gasteiger partial charge is 0.310 e. The Morgan fingerprint density at radius 3 is 2.66 bits per heavy atom. The Bertz CT molecular complexity index is 1030. The number of hydrogen-bond acceptors (Lipinski definition) is 6. The maximum Gasteiger partial charge on any atom is 0.237 e. The Kier molecular flexibility index (Phi) is 5.42. The third-order valence-corrected chi connectivity index (χ3v) is 7.09. The van der Waals surface area contributed by atoms with E-state index in [1.165, 1.54) is 11.3 Å². The lowest BCUT2D eigenvalue weighted by Crippen LogP contribution is -2.35. The minimum atomic E-state index is -1.10. The molecule has 29 heavy (non-hydrogen) atoms. The summed E-state index contributed by atoms with van der Waals surface area (Å²) in [6.45, 7) is 3.62. The van der Waals surface area contributed by atoms with Crippen molar-refractivity contribution in [2.45, 2.75) is 37.4 Å². The summed E-state index contributed by atoms with van der Waals surface area (Å²) in [4.78, 5) is 25.8. The average molecular weight is 428 g/mol. The van der Waals surface area contributed by atoms with E-state index in [0.717, 1.165) is 24.0 Å². The van der Waals surface area contributed by atoms with Crippen LogP contribution in [0, 0.1) is 0 Å². The summed E-state index contributed by atoms with van der Waals surface area (Å²) in [5.41, 5.74) is 1.65. The summed E-state index contributed by atoms with van der Waals surface area (Å²) in [5, 5.41) is 5.48. The Morgan fingerprint density at radius 2 is 2.00 bits per heavy atom. The zero-order valence-electron chi connectivity index (χ0n) is 16.1. The highest BCUT2D eigenvalue weighted by atomic mass is 32.2. The fourth-order valence-electron chi connectivity index (χ4n) is 2.62. The first kappa shape index (κ1) is 19.7. The van der Waals surface area contributed by atoms with Gasteiger partial charge in [0.2, 0.25) is 5.91 Å². The third kappa shape index (κ3) is 4.51. The van der Waals surface area contributed by atoms with Gasteiger partial charge < -0.3 is 5.32 Å². The van der Waals surface area contributed by atoms with Crippen LogP contribution in [0.15, 0.2) is 48.2 Å². The van der Waals surface area contributed by atoms with E-state index in [2.05, 4.69) is 25.0 Å². The lowest BCUT2D eigenvalue weighted by molar-refractivity contribution is -0.120. The Morgan fingerprint density at radius 1 is 1.21 bits per heavy atom. The van der Waals surface area contributed by atoms with Crippen LogP contribution in [0.3, 0.4) is 0 Å². The fraction of sp³-hybridized carbons (Fsp3) is 0.300. The van der Waals surface area contributed by atoms with Crippen molar-refractivity contribution in [1.82, 2.24) is 15.0 Å². The van der Waals surface area contributed by atoms with Crippen LogP contribution in [-0.4, -0.2) is 30.3 Å². The standard InChI is InChI=1S/C20H21N5O2S2/c1-20(2,16-12-28-19(23-16)25-29(27)15-6-7-15)18(26)24-17-8-5-14(11-22-17)13-4-3-9-21-10-13/h3-5,8-12,15H,6-7H2,1-2H3,(H,23,25)(H,22,24,26). The molecule has 1 amide bonds. The summed E-state index contributed by atoms with van der Waals surface area (Å²) >= 11 is 1.36. The van der Waals surface area contributed by atoms with E-state index in [1.807, 2.05) is 37.4 Å². The van der Waals surface area contributed by atoms with E-state index in [4.69, 9.17) is 0 Å². The molecule has 1 aliphatic carbocycles. The van der Waals surface area contributed by atoms with Crippen molar-refractivity contribution >= 4 is 39.2 Å². The normalized spacial score (nSPS) is 15.0. The van der Waals surface area contributed by atoms with Crippen molar-refractivity contribution in [3.05, 3.63) is 53.9 Å². The van der Waals surface area contributed by atoms with Crippen LogP contribution in [0.5, 0.6) is 0 Å². The lowest BCUT2D eigenvalue weighted by atomic mass is 9.89. The number of carbonyl (C=O) groups is 1. The van der Waals surface area contributed by atoms with Crippen molar-refractivity contribution in [1.29, 1.82) is 0 Å². The first-order valence-corrected chi connectivity index (χ1v) is 11.3. The zero-order valence-corrected chi connectivity index (χ0v) is 17.7. The number of carbonyl (C=O) groups excluding carboxylic acids is 1. The molecule has 0 radical (unpaired) electrons. The molecule has 3 aromatic rings. The molecule has 1 atom stereocenters. The molecule has 9 heteroatoms. The van der Waals surface area contributed by atoms with Gasteiger partial charge in [-0.2, -0.15) is 0 Å². The molecular weight excluding hydrogens is 406 g/mol. The van der Waals surface area contributed by atoms with Gasteiger partial charge in [-0.1, -0.05) is 6.07 Å². The van der Waals surface area contributed by atoms with Crippen molar-refractivity contribution < 1.29 is 9.00 Å². The van der Waals surface area contributed by atoms with Crippen LogP contribution in [0.2, 0.25) is 0 Å². The number of pyridine rings is 2. The van der Waals surface area contributed by atoms with Crippen LogP contribution in [0.25, 0.3) is 11.1 Å². The monoisotopic (exact) mass is 427 g/mol. The molecule has 150 valence electrons. The van der Waals surface area contributed by atoms with Gasteiger partial charge in [0, 0.05) is 35.1 Å². The molecule has 7 nitrogen and oxygen atoms in total. The first-order valence-electron chi connectivity index (χ1n) is 9.24. The maximum absolute atomic E-state index is 12.9. The van der Waals surface area contributed by atoms with Crippen LogP contribution in [-0.2, 0) is 21.2 Å². The topological polar surface area (TPSA) is 96.9 Å². The van der Waals surface area contributed by atoms with Gasteiger partial charge in [0.15, 0.2) is 5.13 Å². The Labute approximate surface area is 175 Å². The number of anilines is 2. The highest BCUT2D eigenvalue weighted by molar-refractivity contribution is 7.87. The molecular formula is C20H21N5O2S2. The van der Waals surface area contributed by atoms with Crippen molar-refractivity contribution in [3.8, 4) is 11.1 Å². The Hall–Kier alpha value is -2.65. The van der Waals surface area contributed by atoms with Gasteiger partial charge >= 0.3 is 0 Å². The van der Waals surface area contributed by atoms with E-state index in [9.17, 15) is 9.00 Å². The lowest BCUT2D eigenvalue weighted by Gasteiger charge is -2.21. The molecule has 1 saturated carbocycles. The molecule has 1 unspecified atom stereocenters. The van der Waals surface area contributed by atoms with Gasteiger partial charge in [-0.05, 0) is 44.9 Å². The van der Waals surface area contributed by atoms with Crippen LogP contribution >= 0.6 is 11.3 Å². The van der Waals surface area contributed by atoms with Crippen molar-refractivity contribution in [3.63, 3.8) is 0 Å². The molecule has 4 rings (SSSR count). The number of nitrogens with one attached hydrogen (secondary N) is 2. The molecule has 1 aliphatic rings. The number of hydrogen-bond donors (Lipinski definition) is 2.